The van der Waals surface area contributed by atoms with Crippen LogP contribution in [0.1, 0.15) is 50.9 Å². The molecule has 0 heterocycles. The van der Waals surface area contributed by atoms with E-state index in [4.69, 9.17) is 10.5 Å². The molecule has 146 valence electrons. The molecule has 0 spiro atoms. The molecule has 0 bridgehead atoms. The maximum Gasteiger partial charge on any atom is 0.251 e. The fourth-order valence-electron chi connectivity index (χ4n) is 3.14. The summed E-state index contributed by atoms with van der Waals surface area (Å²) >= 11 is 0. The van der Waals surface area contributed by atoms with E-state index in [1.165, 1.54) is 0 Å². The number of amides is 2. The van der Waals surface area contributed by atoms with Gasteiger partial charge in [0.05, 0.1) is 6.10 Å². The number of ether oxygens (including phenoxy) is 1. The van der Waals surface area contributed by atoms with Gasteiger partial charge in [0.1, 0.15) is 5.54 Å². The minimum atomic E-state index is -0.993. The van der Waals surface area contributed by atoms with Crippen LogP contribution >= 0.6 is 12.4 Å². The first kappa shape index (κ1) is 22.4. The molecule has 2 amide bonds. The lowest BCUT2D eigenvalue weighted by Crippen LogP contribution is -2.74. The number of benzene rings is 1. The van der Waals surface area contributed by atoms with Gasteiger partial charge >= 0.3 is 0 Å². The molecule has 1 saturated carbocycles. The Morgan fingerprint density at radius 1 is 1.31 bits per heavy atom. The fourth-order valence-corrected chi connectivity index (χ4v) is 3.14. The van der Waals surface area contributed by atoms with Crippen molar-refractivity contribution < 1.29 is 14.3 Å². The Bertz CT molecular complexity index is 651. The second-order valence-corrected chi connectivity index (χ2v) is 7.13. The summed E-state index contributed by atoms with van der Waals surface area (Å²) in [6.07, 6.45) is 1.32. The zero-order valence-electron chi connectivity index (χ0n) is 15.9. The predicted octanol–water partition coefficient (Wildman–Crippen LogP) is 2.72. The highest BCUT2D eigenvalue weighted by Gasteiger charge is 2.62. The number of hydrogen-bond acceptors (Lipinski definition) is 4. The first-order valence-corrected chi connectivity index (χ1v) is 8.86. The summed E-state index contributed by atoms with van der Waals surface area (Å²) in [6.45, 7) is 9.04. The van der Waals surface area contributed by atoms with Crippen molar-refractivity contribution in [2.45, 2.75) is 52.2 Å². The van der Waals surface area contributed by atoms with Gasteiger partial charge in [-0.2, -0.15) is 0 Å². The van der Waals surface area contributed by atoms with Crippen LogP contribution in [-0.2, 0) is 9.53 Å². The third kappa shape index (κ3) is 4.19. The van der Waals surface area contributed by atoms with Gasteiger partial charge in [-0.1, -0.05) is 26.8 Å². The first-order valence-electron chi connectivity index (χ1n) is 8.86. The molecular formula is C19H30ClN3O3. The van der Waals surface area contributed by atoms with E-state index in [0.29, 0.717) is 30.8 Å². The van der Waals surface area contributed by atoms with Crippen LogP contribution in [0, 0.1) is 5.41 Å². The number of anilines is 1. The number of hydrogen-bond donors (Lipinski definition) is 3. The van der Waals surface area contributed by atoms with Gasteiger partial charge in [0, 0.05) is 36.2 Å². The molecular weight excluding hydrogens is 354 g/mol. The van der Waals surface area contributed by atoms with Crippen molar-refractivity contribution in [2.24, 2.45) is 11.1 Å². The summed E-state index contributed by atoms with van der Waals surface area (Å²) in [5.74, 6) is -0.402. The van der Waals surface area contributed by atoms with Gasteiger partial charge in [-0.3, -0.25) is 9.59 Å². The third-order valence-corrected chi connectivity index (χ3v) is 5.15. The molecule has 2 rings (SSSR count). The summed E-state index contributed by atoms with van der Waals surface area (Å²) in [4.78, 5) is 24.8. The summed E-state index contributed by atoms with van der Waals surface area (Å²) < 4.78 is 5.66. The van der Waals surface area contributed by atoms with E-state index in [9.17, 15) is 9.59 Å². The topological polar surface area (TPSA) is 93.5 Å². The van der Waals surface area contributed by atoms with Gasteiger partial charge in [-0.15, -0.1) is 12.4 Å². The maximum atomic E-state index is 12.7. The quantitative estimate of drug-likeness (QED) is 0.674. The Labute approximate surface area is 161 Å². The van der Waals surface area contributed by atoms with Crippen LogP contribution in [0.4, 0.5) is 5.69 Å². The molecule has 2 atom stereocenters. The van der Waals surface area contributed by atoms with E-state index < -0.39 is 11.0 Å². The molecule has 6 nitrogen and oxygen atoms in total. The normalized spacial score (nSPS) is 23.3. The van der Waals surface area contributed by atoms with Gasteiger partial charge < -0.3 is 21.1 Å². The molecule has 0 saturated heterocycles. The highest BCUT2D eigenvalue weighted by atomic mass is 35.5. The molecule has 1 aromatic carbocycles. The Kier molecular flexibility index (Phi) is 7.62. The Balaban J connectivity index is 0.00000338. The lowest BCUT2D eigenvalue weighted by atomic mass is 9.54. The number of nitrogens with one attached hydrogen (secondary N) is 2. The minimum Gasteiger partial charge on any atom is -0.378 e. The van der Waals surface area contributed by atoms with Gasteiger partial charge in [0.25, 0.3) is 5.91 Å². The SMILES string of the molecule is CCCNC(=O)c1cccc(NC(=O)C2(N)CC(OCC)C2(C)C)c1.Cl. The monoisotopic (exact) mass is 383 g/mol. The summed E-state index contributed by atoms with van der Waals surface area (Å²) in [5, 5.41) is 5.68. The molecule has 1 aliphatic carbocycles. The molecule has 0 aliphatic heterocycles. The molecule has 0 radical (unpaired) electrons. The van der Waals surface area contributed by atoms with Crippen LogP contribution in [-0.4, -0.2) is 36.6 Å². The van der Waals surface area contributed by atoms with Gasteiger partial charge in [-0.05, 0) is 31.5 Å². The van der Waals surface area contributed by atoms with Crippen molar-refractivity contribution in [2.75, 3.05) is 18.5 Å². The van der Waals surface area contributed by atoms with Crippen LogP contribution in [0.25, 0.3) is 0 Å². The summed E-state index contributed by atoms with van der Waals surface area (Å²) in [5.41, 5.74) is 6.01. The number of carbonyl (C=O) groups is 2. The van der Waals surface area contributed by atoms with Crippen molar-refractivity contribution in [3.63, 3.8) is 0 Å². The zero-order chi connectivity index (χ0) is 18.7. The molecule has 4 N–H and O–H groups in total. The standard InChI is InChI=1S/C19H29N3O3.ClH/c1-5-10-21-16(23)13-8-7-9-14(11-13)22-17(24)19(20)12-15(25-6-2)18(19,3)4;/h7-9,11,15H,5-6,10,12,20H2,1-4H3,(H,21,23)(H,22,24);1H. The lowest BCUT2D eigenvalue weighted by molar-refractivity contribution is -0.166. The molecule has 1 aliphatic rings. The molecule has 2 unspecified atom stereocenters. The van der Waals surface area contributed by atoms with E-state index in [2.05, 4.69) is 10.6 Å². The van der Waals surface area contributed by atoms with Crippen molar-refractivity contribution in [1.29, 1.82) is 0 Å². The largest absolute Gasteiger partial charge is 0.378 e. The second-order valence-electron chi connectivity index (χ2n) is 7.13. The minimum absolute atomic E-state index is 0. The Morgan fingerprint density at radius 3 is 2.58 bits per heavy atom. The van der Waals surface area contributed by atoms with E-state index in [-0.39, 0.29) is 30.3 Å². The summed E-state index contributed by atoms with van der Waals surface area (Å²) in [7, 11) is 0. The van der Waals surface area contributed by atoms with E-state index in [1.807, 2.05) is 27.7 Å². The van der Waals surface area contributed by atoms with E-state index in [1.54, 1.807) is 24.3 Å². The molecule has 0 aromatic heterocycles. The van der Waals surface area contributed by atoms with Crippen molar-refractivity contribution in [3.05, 3.63) is 29.8 Å². The van der Waals surface area contributed by atoms with Crippen LogP contribution in [0.3, 0.4) is 0 Å². The van der Waals surface area contributed by atoms with Crippen molar-refractivity contribution >= 4 is 29.9 Å². The molecule has 1 aromatic rings. The molecule has 1 fully saturated rings. The highest BCUT2D eigenvalue weighted by molar-refractivity contribution is 6.01. The molecule has 26 heavy (non-hydrogen) atoms. The maximum absolute atomic E-state index is 12.7. The average molecular weight is 384 g/mol. The Hall–Kier alpha value is -1.63. The average Bonchev–Trinajstić information content (AvgIpc) is 2.59. The number of rotatable bonds is 7. The van der Waals surface area contributed by atoms with Crippen LogP contribution in [0.5, 0.6) is 0 Å². The fraction of sp³-hybridized carbons (Fsp3) is 0.579. The van der Waals surface area contributed by atoms with E-state index >= 15 is 0 Å². The predicted molar refractivity (Wildman–Crippen MR) is 106 cm³/mol. The van der Waals surface area contributed by atoms with Gasteiger partial charge in [0.15, 0.2) is 0 Å². The summed E-state index contributed by atoms with van der Waals surface area (Å²) in [6, 6.07) is 6.88. The second kappa shape index (κ2) is 8.84. The third-order valence-electron chi connectivity index (χ3n) is 5.15. The van der Waals surface area contributed by atoms with Crippen LogP contribution in [0.2, 0.25) is 0 Å². The highest BCUT2D eigenvalue weighted by Crippen LogP contribution is 2.50. The zero-order valence-corrected chi connectivity index (χ0v) is 16.7. The van der Waals surface area contributed by atoms with E-state index in [0.717, 1.165) is 6.42 Å². The van der Waals surface area contributed by atoms with Crippen molar-refractivity contribution in [1.82, 2.24) is 5.32 Å². The first-order chi connectivity index (χ1) is 11.8. The smallest absolute Gasteiger partial charge is 0.251 e. The Morgan fingerprint density at radius 2 is 2.00 bits per heavy atom. The lowest BCUT2D eigenvalue weighted by Gasteiger charge is -2.57. The molecule has 7 heteroatoms. The van der Waals surface area contributed by atoms with Gasteiger partial charge in [-0.25, -0.2) is 0 Å². The van der Waals surface area contributed by atoms with Crippen LogP contribution < -0.4 is 16.4 Å². The van der Waals surface area contributed by atoms with Crippen LogP contribution in [0.15, 0.2) is 24.3 Å². The van der Waals surface area contributed by atoms with Gasteiger partial charge in [0.2, 0.25) is 5.91 Å². The van der Waals surface area contributed by atoms with Crippen molar-refractivity contribution in [3.8, 4) is 0 Å². The number of carbonyl (C=O) groups excluding carboxylic acids is 2. The number of halogens is 1. The number of nitrogens with two attached hydrogens (primary N) is 1.